The minimum absolute atomic E-state index is 0.953. The lowest BCUT2D eigenvalue weighted by atomic mass is 9.86. The first-order valence-corrected chi connectivity index (χ1v) is 8.02. The Morgan fingerprint density at radius 2 is 2.05 bits per heavy atom. The molecular weight excluding hydrogens is 236 g/mol. The molecular formula is C16H28N2O+2. The molecule has 0 radical (unpaired) electrons. The zero-order chi connectivity index (χ0) is 13.1. The first-order chi connectivity index (χ1) is 9.31. The van der Waals surface area contributed by atoms with Crippen LogP contribution in [0.4, 0.5) is 0 Å². The lowest BCUT2D eigenvalue weighted by Crippen LogP contribution is -3.29. The van der Waals surface area contributed by atoms with Crippen molar-refractivity contribution in [3.63, 3.8) is 0 Å². The van der Waals surface area contributed by atoms with Gasteiger partial charge in [-0.25, -0.2) is 0 Å². The Hall–Kier alpha value is -0.800. The lowest BCUT2D eigenvalue weighted by molar-refractivity contribution is -1.03. The van der Waals surface area contributed by atoms with Crippen LogP contribution in [-0.4, -0.2) is 32.2 Å². The van der Waals surface area contributed by atoms with E-state index in [9.17, 15) is 0 Å². The molecule has 1 aromatic heterocycles. The molecule has 19 heavy (non-hydrogen) atoms. The van der Waals surface area contributed by atoms with Crippen molar-refractivity contribution >= 4 is 0 Å². The number of nitrogens with one attached hydrogen (secondary N) is 2. The van der Waals surface area contributed by atoms with Crippen LogP contribution >= 0.6 is 0 Å². The number of quaternary nitrogens is 2. The van der Waals surface area contributed by atoms with E-state index >= 15 is 0 Å². The Kier molecular flexibility index (Phi) is 4.24. The van der Waals surface area contributed by atoms with Gasteiger partial charge in [0.15, 0.2) is 5.76 Å². The van der Waals surface area contributed by atoms with Crippen LogP contribution in [0.5, 0.6) is 0 Å². The molecule has 0 bridgehead atoms. The van der Waals surface area contributed by atoms with E-state index in [0.717, 1.165) is 24.3 Å². The molecule has 2 atom stereocenters. The van der Waals surface area contributed by atoms with Gasteiger partial charge >= 0.3 is 0 Å². The van der Waals surface area contributed by atoms with Crippen molar-refractivity contribution < 1.29 is 14.2 Å². The monoisotopic (exact) mass is 264 g/mol. The van der Waals surface area contributed by atoms with Crippen LogP contribution in [0, 0.1) is 5.92 Å². The van der Waals surface area contributed by atoms with Gasteiger partial charge in [-0.05, 0) is 30.9 Å². The van der Waals surface area contributed by atoms with Gasteiger partial charge < -0.3 is 14.2 Å². The van der Waals surface area contributed by atoms with Crippen LogP contribution in [0.3, 0.4) is 0 Å². The van der Waals surface area contributed by atoms with Gasteiger partial charge in [-0.2, -0.15) is 0 Å². The third-order valence-corrected chi connectivity index (χ3v) is 5.12. The molecule has 2 heterocycles. The van der Waals surface area contributed by atoms with Crippen LogP contribution in [0.25, 0.3) is 0 Å². The predicted molar refractivity (Wildman–Crippen MR) is 75.2 cm³/mol. The number of hydrogen-bond acceptors (Lipinski definition) is 1. The maximum Gasteiger partial charge on any atom is 0.157 e. The standard InChI is InChI=1S/C16H26N2O/c1-14-4-2-5-15(12-14)18-9-7-17(8-10-18)13-16-6-3-11-19-16/h3,6,11,14-15H,2,4-5,7-10,12-13H2,1H3/p+2/t14-,15+/m1/s1. The van der Waals surface area contributed by atoms with Crippen molar-refractivity contribution in [3.8, 4) is 0 Å². The van der Waals surface area contributed by atoms with Gasteiger partial charge in [0.1, 0.15) is 32.7 Å². The third kappa shape index (κ3) is 3.40. The van der Waals surface area contributed by atoms with E-state index in [0.29, 0.717) is 0 Å². The molecule has 0 aromatic carbocycles. The summed E-state index contributed by atoms with van der Waals surface area (Å²) >= 11 is 0. The second kappa shape index (κ2) is 6.10. The summed E-state index contributed by atoms with van der Waals surface area (Å²) in [5, 5.41) is 0. The summed E-state index contributed by atoms with van der Waals surface area (Å²) in [5.74, 6) is 2.10. The average molecular weight is 264 g/mol. The molecule has 3 rings (SSSR count). The number of furan rings is 1. The van der Waals surface area contributed by atoms with Gasteiger partial charge in [0.25, 0.3) is 0 Å². The summed E-state index contributed by atoms with van der Waals surface area (Å²) < 4.78 is 5.47. The van der Waals surface area contributed by atoms with Gasteiger partial charge in [-0.15, -0.1) is 0 Å². The lowest BCUT2D eigenvalue weighted by Gasteiger charge is -2.37. The highest BCUT2D eigenvalue weighted by atomic mass is 16.3. The smallest absolute Gasteiger partial charge is 0.157 e. The van der Waals surface area contributed by atoms with Crippen molar-refractivity contribution in [1.29, 1.82) is 0 Å². The van der Waals surface area contributed by atoms with Crippen LogP contribution in [0.15, 0.2) is 22.8 Å². The van der Waals surface area contributed by atoms with Crippen LogP contribution in [-0.2, 0) is 6.54 Å². The van der Waals surface area contributed by atoms with E-state index in [-0.39, 0.29) is 0 Å². The Morgan fingerprint density at radius 3 is 2.74 bits per heavy atom. The molecule has 3 heteroatoms. The largest absolute Gasteiger partial charge is 0.463 e. The molecule has 0 amide bonds. The van der Waals surface area contributed by atoms with Crippen molar-refractivity contribution in [3.05, 3.63) is 24.2 Å². The zero-order valence-electron chi connectivity index (χ0n) is 12.2. The number of rotatable bonds is 3. The van der Waals surface area contributed by atoms with Gasteiger partial charge in [-0.1, -0.05) is 13.3 Å². The van der Waals surface area contributed by atoms with Gasteiger partial charge in [-0.3, -0.25) is 0 Å². The van der Waals surface area contributed by atoms with E-state index in [2.05, 4.69) is 13.0 Å². The minimum atomic E-state index is 0.953. The molecule has 1 saturated carbocycles. The highest BCUT2D eigenvalue weighted by Crippen LogP contribution is 2.21. The second-order valence-electron chi connectivity index (χ2n) is 6.63. The van der Waals surface area contributed by atoms with E-state index < -0.39 is 0 Å². The molecule has 1 saturated heterocycles. The highest BCUT2D eigenvalue weighted by Gasteiger charge is 2.32. The van der Waals surface area contributed by atoms with Gasteiger partial charge in [0.05, 0.1) is 12.3 Å². The summed E-state index contributed by atoms with van der Waals surface area (Å²) in [5.41, 5.74) is 0. The Balaban J connectivity index is 1.46. The summed E-state index contributed by atoms with van der Waals surface area (Å²) in [6.45, 7) is 8.83. The zero-order valence-corrected chi connectivity index (χ0v) is 12.2. The fraction of sp³-hybridized carbons (Fsp3) is 0.750. The van der Waals surface area contributed by atoms with Gasteiger partial charge in [0.2, 0.25) is 0 Å². The predicted octanol–water partition coefficient (Wildman–Crippen LogP) is 0.142. The van der Waals surface area contributed by atoms with Crippen molar-refractivity contribution in [2.75, 3.05) is 26.2 Å². The van der Waals surface area contributed by atoms with E-state index in [1.807, 2.05) is 11.0 Å². The maximum absolute atomic E-state index is 5.47. The van der Waals surface area contributed by atoms with Crippen molar-refractivity contribution in [1.82, 2.24) is 0 Å². The molecule has 1 aliphatic carbocycles. The minimum Gasteiger partial charge on any atom is -0.463 e. The second-order valence-corrected chi connectivity index (χ2v) is 6.63. The Morgan fingerprint density at radius 1 is 1.21 bits per heavy atom. The van der Waals surface area contributed by atoms with Crippen LogP contribution < -0.4 is 9.80 Å². The van der Waals surface area contributed by atoms with E-state index in [1.54, 1.807) is 11.2 Å². The summed E-state index contributed by atoms with van der Waals surface area (Å²) in [4.78, 5) is 3.58. The normalized spacial score (nSPS) is 36.3. The SMILES string of the molecule is C[C@@H]1CCC[C@H]([NH+]2CC[NH+](Cc3ccco3)CC2)C1. The molecule has 106 valence electrons. The molecule has 2 aliphatic rings. The number of piperazine rings is 1. The molecule has 1 aliphatic heterocycles. The van der Waals surface area contributed by atoms with Crippen molar-refractivity contribution in [2.45, 2.75) is 45.2 Å². The molecule has 3 nitrogen and oxygen atoms in total. The van der Waals surface area contributed by atoms with Crippen LogP contribution in [0.2, 0.25) is 0 Å². The summed E-state index contributed by atoms with van der Waals surface area (Å²) in [6.07, 6.45) is 7.63. The first-order valence-electron chi connectivity index (χ1n) is 8.02. The quantitative estimate of drug-likeness (QED) is 0.797. The molecule has 2 N–H and O–H groups in total. The summed E-state index contributed by atoms with van der Waals surface area (Å²) in [6, 6.07) is 5.06. The third-order valence-electron chi connectivity index (χ3n) is 5.12. The van der Waals surface area contributed by atoms with E-state index in [1.165, 1.54) is 51.9 Å². The number of hydrogen-bond donors (Lipinski definition) is 2. The van der Waals surface area contributed by atoms with Gasteiger partial charge in [0, 0.05) is 6.42 Å². The fourth-order valence-corrected chi connectivity index (χ4v) is 3.97. The van der Waals surface area contributed by atoms with Crippen LogP contribution in [0.1, 0.15) is 38.4 Å². The fourth-order valence-electron chi connectivity index (χ4n) is 3.97. The average Bonchev–Trinajstić information content (AvgIpc) is 2.92. The molecule has 0 spiro atoms. The molecule has 2 fully saturated rings. The molecule has 0 unspecified atom stereocenters. The highest BCUT2D eigenvalue weighted by molar-refractivity contribution is 4.95. The molecule has 1 aromatic rings. The Bertz CT molecular complexity index is 368. The Labute approximate surface area is 116 Å². The summed E-state index contributed by atoms with van der Waals surface area (Å²) in [7, 11) is 0. The van der Waals surface area contributed by atoms with Crippen molar-refractivity contribution in [2.24, 2.45) is 5.92 Å². The van der Waals surface area contributed by atoms with E-state index in [4.69, 9.17) is 4.42 Å². The topological polar surface area (TPSA) is 22.0 Å². The first kappa shape index (κ1) is 13.2. The maximum atomic E-state index is 5.47.